The van der Waals surface area contributed by atoms with Crippen molar-refractivity contribution in [2.24, 2.45) is 0 Å². The number of rotatable bonds is 4. The van der Waals surface area contributed by atoms with Gasteiger partial charge in [-0.3, -0.25) is 14.5 Å². The predicted molar refractivity (Wildman–Crippen MR) is 87.8 cm³/mol. The van der Waals surface area contributed by atoms with Gasteiger partial charge in [0, 0.05) is 12.2 Å². The minimum Gasteiger partial charge on any atom is -0.355 e. The molecule has 0 saturated carbocycles. The van der Waals surface area contributed by atoms with Crippen LogP contribution in [0.2, 0.25) is 0 Å². The number of nitrogens with zero attached hydrogens (tertiary/aromatic N) is 1. The number of likely N-dealkylation sites (N-methyl/N-ethyl adjacent to an activating group) is 1. The van der Waals surface area contributed by atoms with E-state index in [1.54, 1.807) is 0 Å². The van der Waals surface area contributed by atoms with Gasteiger partial charge in [-0.05, 0) is 57.4 Å². The Morgan fingerprint density at radius 3 is 2.91 bits per heavy atom. The smallest absolute Gasteiger partial charge is 0.238 e. The van der Waals surface area contributed by atoms with Gasteiger partial charge in [-0.15, -0.1) is 0 Å². The maximum Gasteiger partial charge on any atom is 0.238 e. The predicted octanol–water partition coefficient (Wildman–Crippen LogP) is 1.84. The van der Waals surface area contributed by atoms with Crippen molar-refractivity contribution >= 4 is 17.5 Å². The normalized spacial score (nSPS) is 18.7. The van der Waals surface area contributed by atoms with Gasteiger partial charge in [0.1, 0.15) is 0 Å². The summed E-state index contributed by atoms with van der Waals surface area (Å²) in [6.45, 7) is 4.96. The maximum absolute atomic E-state index is 12.2. The molecule has 1 aromatic carbocycles. The monoisotopic (exact) mass is 303 g/mol. The molecule has 0 radical (unpaired) electrons. The highest BCUT2D eigenvalue weighted by Crippen LogP contribution is 2.18. The third-order valence-corrected chi connectivity index (χ3v) is 4.31. The van der Waals surface area contributed by atoms with Crippen molar-refractivity contribution in [2.45, 2.75) is 39.2 Å². The Morgan fingerprint density at radius 2 is 2.14 bits per heavy atom. The molecule has 1 saturated heterocycles. The standard InChI is InChI=1S/C17H25N3O2/c1-12-7-6-8-14(13(12)2)19-16(21)11-20(3)15-9-4-5-10-18-17(15)22/h6-8,15H,4-5,9-11H2,1-3H3,(H,18,22)(H,19,21). The molecular formula is C17H25N3O2. The van der Waals surface area contributed by atoms with Crippen molar-refractivity contribution < 1.29 is 9.59 Å². The molecule has 0 bridgehead atoms. The molecule has 1 fully saturated rings. The quantitative estimate of drug-likeness (QED) is 0.892. The van der Waals surface area contributed by atoms with E-state index >= 15 is 0 Å². The fourth-order valence-corrected chi connectivity index (χ4v) is 2.76. The Kier molecular flexibility index (Phi) is 5.55. The Bertz CT molecular complexity index is 557. The number of amides is 2. The molecule has 0 spiro atoms. The lowest BCUT2D eigenvalue weighted by atomic mass is 10.1. The zero-order valence-electron chi connectivity index (χ0n) is 13.6. The van der Waals surface area contributed by atoms with Crippen LogP contribution in [0.3, 0.4) is 0 Å². The number of nitrogens with one attached hydrogen (secondary N) is 2. The second kappa shape index (κ2) is 7.40. The number of hydrogen-bond acceptors (Lipinski definition) is 3. The number of hydrogen-bond donors (Lipinski definition) is 2. The van der Waals surface area contributed by atoms with Gasteiger partial charge >= 0.3 is 0 Å². The van der Waals surface area contributed by atoms with E-state index in [0.29, 0.717) is 0 Å². The molecule has 1 heterocycles. The van der Waals surface area contributed by atoms with Crippen LogP contribution in [0, 0.1) is 13.8 Å². The van der Waals surface area contributed by atoms with Crippen molar-refractivity contribution in [1.82, 2.24) is 10.2 Å². The van der Waals surface area contributed by atoms with Crippen LogP contribution in [-0.4, -0.2) is 42.9 Å². The summed E-state index contributed by atoms with van der Waals surface area (Å²) in [5, 5.41) is 5.84. The van der Waals surface area contributed by atoms with Gasteiger partial charge in [-0.1, -0.05) is 12.1 Å². The molecule has 120 valence electrons. The van der Waals surface area contributed by atoms with Crippen molar-refractivity contribution in [3.8, 4) is 0 Å². The van der Waals surface area contributed by atoms with Crippen LogP contribution in [0.15, 0.2) is 18.2 Å². The summed E-state index contributed by atoms with van der Waals surface area (Å²) >= 11 is 0. The van der Waals surface area contributed by atoms with Crippen LogP contribution in [-0.2, 0) is 9.59 Å². The first-order valence-corrected chi connectivity index (χ1v) is 7.83. The van der Waals surface area contributed by atoms with E-state index < -0.39 is 0 Å². The SMILES string of the molecule is Cc1cccc(NC(=O)CN(C)C2CCCCNC2=O)c1C. The van der Waals surface area contributed by atoms with Crippen LogP contribution < -0.4 is 10.6 Å². The number of carbonyl (C=O) groups excluding carboxylic acids is 2. The van der Waals surface area contributed by atoms with Gasteiger partial charge in [0.15, 0.2) is 0 Å². The Morgan fingerprint density at radius 1 is 1.36 bits per heavy atom. The summed E-state index contributed by atoms with van der Waals surface area (Å²) < 4.78 is 0. The molecule has 1 aliphatic heterocycles. The van der Waals surface area contributed by atoms with Crippen LogP contribution in [0.4, 0.5) is 5.69 Å². The zero-order chi connectivity index (χ0) is 16.1. The van der Waals surface area contributed by atoms with E-state index in [-0.39, 0.29) is 24.4 Å². The number of anilines is 1. The van der Waals surface area contributed by atoms with Crippen molar-refractivity contribution in [3.63, 3.8) is 0 Å². The lowest BCUT2D eigenvalue weighted by Gasteiger charge is -2.25. The first kappa shape index (κ1) is 16.5. The van der Waals surface area contributed by atoms with E-state index in [4.69, 9.17) is 0 Å². The molecule has 0 aliphatic carbocycles. The lowest BCUT2D eigenvalue weighted by Crippen LogP contribution is -2.46. The topological polar surface area (TPSA) is 61.4 Å². The van der Waals surface area contributed by atoms with E-state index in [9.17, 15) is 9.59 Å². The minimum atomic E-state index is -0.216. The van der Waals surface area contributed by atoms with Gasteiger partial charge in [-0.25, -0.2) is 0 Å². The van der Waals surface area contributed by atoms with Gasteiger partial charge in [0.25, 0.3) is 0 Å². The number of benzene rings is 1. The summed E-state index contributed by atoms with van der Waals surface area (Å²) in [5.41, 5.74) is 3.06. The third-order valence-electron chi connectivity index (χ3n) is 4.31. The Labute approximate surface area is 132 Å². The number of aryl methyl sites for hydroxylation is 1. The average Bonchev–Trinajstić information content (AvgIpc) is 2.68. The Hall–Kier alpha value is -1.88. The molecule has 5 nitrogen and oxygen atoms in total. The fraction of sp³-hybridized carbons (Fsp3) is 0.529. The summed E-state index contributed by atoms with van der Waals surface area (Å²) in [6, 6.07) is 5.64. The van der Waals surface area contributed by atoms with E-state index in [1.165, 1.54) is 0 Å². The van der Waals surface area contributed by atoms with Gasteiger partial charge in [-0.2, -0.15) is 0 Å². The van der Waals surface area contributed by atoms with E-state index in [2.05, 4.69) is 10.6 Å². The molecule has 2 rings (SSSR count). The van der Waals surface area contributed by atoms with Gasteiger partial charge < -0.3 is 10.6 Å². The fourth-order valence-electron chi connectivity index (χ4n) is 2.76. The largest absolute Gasteiger partial charge is 0.355 e. The first-order valence-electron chi connectivity index (χ1n) is 7.83. The highest BCUT2D eigenvalue weighted by atomic mass is 16.2. The summed E-state index contributed by atoms with van der Waals surface area (Å²) in [5.74, 6) is -0.0622. The molecule has 2 N–H and O–H groups in total. The minimum absolute atomic E-state index is 0.0273. The lowest BCUT2D eigenvalue weighted by molar-refractivity contribution is -0.126. The zero-order valence-corrected chi connectivity index (χ0v) is 13.6. The van der Waals surface area contributed by atoms with Crippen LogP contribution in [0.25, 0.3) is 0 Å². The second-order valence-electron chi connectivity index (χ2n) is 6.01. The summed E-state index contributed by atoms with van der Waals surface area (Å²) in [7, 11) is 1.83. The summed E-state index contributed by atoms with van der Waals surface area (Å²) in [4.78, 5) is 26.1. The Balaban J connectivity index is 1.96. The highest BCUT2D eigenvalue weighted by Gasteiger charge is 2.25. The van der Waals surface area contributed by atoms with Gasteiger partial charge in [0.2, 0.25) is 11.8 Å². The molecule has 1 unspecified atom stereocenters. The first-order chi connectivity index (χ1) is 10.5. The van der Waals surface area contributed by atoms with Crippen LogP contribution in [0.1, 0.15) is 30.4 Å². The molecule has 2 amide bonds. The second-order valence-corrected chi connectivity index (χ2v) is 6.01. The molecule has 1 atom stereocenters. The van der Waals surface area contributed by atoms with E-state index in [0.717, 1.165) is 42.6 Å². The van der Waals surface area contributed by atoms with Gasteiger partial charge in [0.05, 0.1) is 12.6 Å². The van der Waals surface area contributed by atoms with Crippen molar-refractivity contribution in [3.05, 3.63) is 29.3 Å². The van der Waals surface area contributed by atoms with Crippen molar-refractivity contribution in [1.29, 1.82) is 0 Å². The third kappa shape index (κ3) is 4.07. The van der Waals surface area contributed by atoms with Crippen LogP contribution >= 0.6 is 0 Å². The molecular weight excluding hydrogens is 278 g/mol. The maximum atomic E-state index is 12.2. The van der Waals surface area contributed by atoms with E-state index in [1.807, 2.05) is 44.0 Å². The molecule has 0 aromatic heterocycles. The summed E-state index contributed by atoms with van der Waals surface area (Å²) in [6.07, 6.45) is 2.82. The van der Waals surface area contributed by atoms with Crippen molar-refractivity contribution in [2.75, 3.05) is 25.5 Å². The molecule has 1 aliphatic rings. The molecule has 1 aromatic rings. The molecule has 5 heteroatoms. The number of carbonyl (C=O) groups is 2. The average molecular weight is 303 g/mol. The highest BCUT2D eigenvalue weighted by molar-refractivity contribution is 5.93. The van der Waals surface area contributed by atoms with Crippen LogP contribution in [0.5, 0.6) is 0 Å². The molecule has 22 heavy (non-hydrogen) atoms.